The normalized spacial score (nSPS) is 17.1. The lowest BCUT2D eigenvalue weighted by molar-refractivity contribution is -0.119. The number of hydrogen-bond donors (Lipinski definition) is 1. The summed E-state index contributed by atoms with van der Waals surface area (Å²) in [5.41, 5.74) is 2.94. The molecule has 3 aromatic rings. The first kappa shape index (κ1) is 22.6. The van der Waals surface area contributed by atoms with E-state index in [1.54, 1.807) is 0 Å². The lowest BCUT2D eigenvalue weighted by atomic mass is 10.0. The summed E-state index contributed by atoms with van der Waals surface area (Å²) >= 11 is 1.30. The molecule has 32 heavy (non-hydrogen) atoms. The van der Waals surface area contributed by atoms with Gasteiger partial charge in [0.25, 0.3) is 0 Å². The van der Waals surface area contributed by atoms with E-state index in [-0.39, 0.29) is 11.4 Å². The van der Waals surface area contributed by atoms with E-state index >= 15 is 0 Å². The molecule has 1 saturated heterocycles. The van der Waals surface area contributed by atoms with Gasteiger partial charge in [-0.2, -0.15) is 4.31 Å². The Labute approximate surface area is 191 Å². The van der Waals surface area contributed by atoms with Gasteiger partial charge in [-0.05, 0) is 48.6 Å². The number of amides is 1. The first-order valence-electron chi connectivity index (χ1n) is 10.4. The van der Waals surface area contributed by atoms with Crippen molar-refractivity contribution in [2.24, 2.45) is 0 Å². The zero-order valence-corrected chi connectivity index (χ0v) is 19.4. The van der Waals surface area contributed by atoms with E-state index in [1.165, 1.54) is 33.3 Å². The van der Waals surface area contributed by atoms with Gasteiger partial charge in [-0.3, -0.25) is 4.79 Å². The van der Waals surface area contributed by atoms with Crippen molar-refractivity contribution in [1.29, 1.82) is 0 Å². The van der Waals surface area contributed by atoms with Gasteiger partial charge >= 0.3 is 0 Å². The third kappa shape index (κ3) is 4.60. The zero-order valence-electron chi connectivity index (χ0n) is 17.8. The molecule has 6 nitrogen and oxygen atoms in total. The molecule has 0 saturated carbocycles. The molecule has 0 spiro atoms. The van der Waals surface area contributed by atoms with Crippen molar-refractivity contribution in [3.05, 3.63) is 65.3 Å². The Balaban J connectivity index is 1.48. The van der Waals surface area contributed by atoms with Crippen LogP contribution in [0.2, 0.25) is 0 Å². The number of aromatic nitrogens is 1. The minimum absolute atomic E-state index is 0.0278. The van der Waals surface area contributed by atoms with Crippen LogP contribution in [0.25, 0.3) is 11.3 Å². The van der Waals surface area contributed by atoms with Crippen LogP contribution in [0.5, 0.6) is 0 Å². The van der Waals surface area contributed by atoms with E-state index < -0.39 is 27.8 Å². The lowest BCUT2D eigenvalue weighted by Crippen LogP contribution is -2.43. The number of carbonyl (C=O) groups excluding carboxylic acids is 1. The third-order valence-electron chi connectivity index (χ3n) is 5.53. The maximum absolute atomic E-state index is 13.2. The van der Waals surface area contributed by atoms with Crippen molar-refractivity contribution in [2.75, 3.05) is 11.9 Å². The monoisotopic (exact) mass is 473 g/mol. The van der Waals surface area contributed by atoms with Crippen LogP contribution < -0.4 is 5.32 Å². The molecule has 168 valence electrons. The molecule has 9 heteroatoms. The predicted octanol–water partition coefficient (Wildman–Crippen LogP) is 4.86. The fourth-order valence-electron chi connectivity index (χ4n) is 3.72. The molecule has 1 aliphatic rings. The first-order chi connectivity index (χ1) is 15.3. The average molecular weight is 474 g/mol. The number of nitrogens with one attached hydrogen (secondary N) is 1. The van der Waals surface area contributed by atoms with Gasteiger partial charge in [0.2, 0.25) is 15.9 Å². The summed E-state index contributed by atoms with van der Waals surface area (Å²) in [5, 5.41) is 5.05. The van der Waals surface area contributed by atoms with Gasteiger partial charge in [-0.1, -0.05) is 38.1 Å². The zero-order chi connectivity index (χ0) is 22.9. The Morgan fingerprint density at radius 1 is 1.16 bits per heavy atom. The minimum Gasteiger partial charge on any atom is -0.301 e. The largest absolute Gasteiger partial charge is 0.301 e. The molecule has 1 aliphatic heterocycles. The van der Waals surface area contributed by atoms with Crippen LogP contribution >= 0.6 is 11.3 Å². The number of halogens is 1. The van der Waals surface area contributed by atoms with Gasteiger partial charge in [-0.15, -0.1) is 11.3 Å². The van der Waals surface area contributed by atoms with Crippen LogP contribution in [-0.2, 0) is 14.8 Å². The van der Waals surface area contributed by atoms with Crippen LogP contribution in [0.4, 0.5) is 9.52 Å². The Kier molecular flexibility index (Phi) is 6.41. The number of carbonyl (C=O) groups is 1. The number of hydrogen-bond acceptors (Lipinski definition) is 5. The van der Waals surface area contributed by atoms with Crippen LogP contribution in [-0.4, -0.2) is 36.2 Å². The highest BCUT2D eigenvalue weighted by Gasteiger charge is 2.39. The Bertz CT molecular complexity index is 1210. The number of sulfonamides is 1. The average Bonchev–Trinajstić information content (AvgIpc) is 3.44. The Morgan fingerprint density at radius 2 is 1.84 bits per heavy atom. The highest BCUT2D eigenvalue weighted by Crippen LogP contribution is 2.29. The second-order valence-corrected chi connectivity index (χ2v) is 10.8. The van der Waals surface area contributed by atoms with Crippen LogP contribution in [0.1, 0.15) is 38.2 Å². The maximum Gasteiger partial charge on any atom is 0.244 e. The first-order valence-corrected chi connectivity index (χ1v) is 12.7. The molecule has 4 rings (SSSR count). The van der Waals surface area contributed by atoms with Gasteiger partial charge in [0.05, 0.1) is 10.6 Å². The van der Waals surface area contributed by atoms with Crippen molar-refractivity contribution >= 4 is 32.4 Å². The van der Waals surface area contributed by atoms with Crippen molar-refractivity contribution in [2.45, 2.75) is 43.5 Å². The highest BCUT2D eigenvalue weighted by molar-refractivity contribution is 7.89. The van der Waals surface area contributed by atoms with Crippen molar-refractivity contribution in [3.63, 3.8) is 0 Å². The quantitative estimate of drug-likeness (QED) is 0.554. The summed E-state index contributed by atoms with van der Waals surface area (Å²) in [7, 11) is -3.90. The van der Waals surface area contributed by atoms with Gasteiger partial charge in [0, 0.05) is 17.5 Å². The predicted molar refractivity (Wildman–Crippen MR) is 124 cm³/mol. The summed E-state index contributed by atoms with van der Waals surface area (Å²) in [6, 6.07) is 11.9. The Hall–Kier alpha value is -2.62. The molecule has 1 atom stereocenters. The van der Waals surface area contributed by atoms with E-state index in [0.29, 0.717) is 23.9 Å². The number of rotatable bonds is 6. The molecule has 1 unspecified atom stereocenters. The van der Waals surface area contributed by atoms with Gasteiger partial charge < -0.3 is 5.32 Å². The SMILES string of the molecule is CC(C)c1ccc(-c2csc(NC(=O)C3CCCN3S(=O)(=O)c3ccc(F)cc3)n2)cc1. The van der Waals surface area contributed by atoms with Crippen molar-refractivity contribution in [3.8, 4) is 11.3 Å². The Morgan fingerprint density at radius 3 is 2.50 bits per heavy atom. The maximum atomic E-state index is 13.2. The molecular formula is C23H24FN3O3S2. The molecular weight excluding hydrogens is 449 g/mol. The van der Waals surface area contributed by atoms with E-state index in [9.17, 15) is 17.6 Å². The smallest absolute Gasteiger partial charge is 0.244 e. The second kappa shape index (κ2) is 9.09. The molecule has 2 heterocycles. The molecule has 1 aromatic heterocycles. The van der Waals surface area contributed by atoms with Gasteiger partial charge in [0.15, 0.2) is 5.13 Å². The standard InChI is InChI=1S/C23H24FN3O3S2/c1-15(2)16-5-7-17(8-6-16)20-14-31-23(25-20)26-22(28)21-4-3-13-27(21)32(29,30)19-11-9-18(24)10-12-19/h5-12,14-15,21H,3-4,13H2,1-2H3,(H,25,26,28). The van der Waals surface area contributed by atoms with Gasteiger partial charge in [-0.25, -0.2) is 17.8 Å². The second-order valence-electron chi connectivity index (χ2n) is 8.03. The van der Waals surface area contributed by atoms with Crippen molar-refractivity contribution in [1.82, 2.24) is 9.29 Å². The van der Waals surface area contributed by atoms with Crippen LogP contribution in [0, 0.1) is 5.82 Å². The van der Waals surface area contributed by atoms with Crippen LogP contribution in [0.15, 0.2) is 58.8 Å². The molecule has 2 aromatic carbocycles. The highest BCUT2D eigenvalue weighted by atomic mass is 32.2. The number of nitrogens with zero attached hydrogens (tertiary/aromatic N) is 2. The summed E-state index contributed by atoms with van der Waals surface area (Å²) in [6.07, 6.45) is 0.991. The number of thiazole rings is 1. The molecule has 0 bridgehead atoms. The number of anilines is 1. The molecule has 1 amide bonds. The fraction of sp³-hybridized carbons (Fsp3) is 0.304. The molecule has 1 N–H and O–H groups in total. The van der Waals surface area contributed by atoms with E-state index in [2.05, 4.69) is 36.3 Å². The van der Waals surface area contributed by atoms with E-state index in [1.807, 2.05) is 17.5 Å². The summed E-state index contributed by atoms with van der Waals surface area (Å²) in [5.74, 6) is -0.489. The fourth-order valence-corrected chi connectivity index (χ4v) is 6.10. The summed E-state index contributed by atoms with van der Waals surface area (Å²) < 4.78 is 40.4. The summed E-state index contributed by atoms with van der Waals surface area (Å²) in [6.45, 7) is 4.51. The number of benzene rings is 2. The topological polar surface area (TPSA) is 79.4 Å². The minimum atomic E-state index is -3.90. The molecule has 1 fully saturated rings. The van der Waals surface area contributed by atoms with E-state index in [4.69, 9.17) is 0 Å². The van der Waals surface area contributed by atoms with Crippen molar-refractivity contribution < 1.29 is 17.6 Å². The lowest BCUT2D eigenvalue weighted by Gasteiger charge is -2.23. The van der Waals surface area contributed by atoms with Crippen LogP contribution in [0.3, 0.4) is 0 Å². The molecule has 0 aliphatic carbocycles. The molecule has 0 radical (unpaired) electrons. The third-order valence-corrected chi connectivity index (χ3v) is 8.21. The summed E-state index contributed by atoms with van der Waals surface area (Å²) in [4.78, 5) is 17.4. The van der Waals surface area contributed by atoms with Gasteiger partial charge in [0.1, 0.15) is 11.9 Å². The van der Waals surface area contributed by atoms with E-state index in [0.717, 1.165) is 23.4 Å².